The molecule has 0 N–H and O–H groups in total. The zero-order valence-corrected chi connectivity index (χ0v) is 14.6. The molecule has 7 nitrogen and oxygen atoms in total. The van der Waals surface area contributed by atoms with Gasteiger partial charge >= 0.3 is 0 Å². The van der Waals surface area contributed by atoms with Gasteiger partial charge in [0, 0.05) is 31.9 Å². The van der Waals surface area contributed by atoms with Gasteiger partial charge in [-0.05, 0) is 38.4 Å². The molecular weight excluding hydrogens is 320 g/mol. The highest BCUT2D eigenvalue weighted by molar-refractivity contribution is 5.90. The van der Waals surface area contributed by atoms with Crippen LogP contribution in [0.2, 0.25) is 0 Å². The molecule has 1 aromatic rings. The van der Waals surface area contributed by atoms with Crippen molar-refractivity contribution in [1.29, 1.82) is 0 Å². The molecule has 0 saturated carbocycles. The monoisotopic (exact) mass is 346 g/mol. The predicted molar refractivity (Wildman–Crippen MR) is 91.3 cm³/mol. The fraction of sp³-hybridized carbons (Fsp3) is 0.722. The van der Waals surface area contributed by atoms with E-state index in [0.717, 1.165) is 26.0 Å². The molecule has 136 valence electrons. The van der Waals surface area contributed by atoms with E-state index in [0.29, 0.717) is 19.7 Å². The molecular formula is C18H26N4O3. The Kier molecular flexibility index (Phi) is 4.96. The molecule has 0 aliphatic carbocycles. The van der Waals surface area contributed by atoms with E-state index in [9.17, 15) is 4.79 Å². The van der Waals surface area contributed by atoms with Crippen LogP contribution < -0.4 is 0 Å². The van der Waals surface area contributed by atoms with Gasteiger partial charge in [0.25, 0.3) is 5.91 Å². The van der Waals surface area contributed by atoms with Crippen molar-refractivity contribution in [2.45, 2.75) is 37.4 Å². The molecule has 0 bridgehead atoms. The van der Waals surface area contributed by atoms with Crippen LogP contribution in [-0.2, 0) is 9.47 Å². The summed E-state index contributed by atoms with van der Waals surface area (Å²) in [5.74, 6) is 0.149. The molecule has 0 aromatic carbocycles. The second kappa shape index (κ2) is 7.35. The van der Waals surface area contributed by atoms with E-state index in [1.165, 1.54) is 25.9 Å². The quantitative estimate of drug-likeness (QED) is 0.791. The van der Waals surface area contributed by atoms with E-state index in [1.807, 2.05) is 4.90 Å². The first kappa shape index (κ1) is 16.9. The van der Waals surface area contributed by atoms with Crippen molar-refractivity contribution in [2.24, 2.45) is 0 Å². The van der Waals surface area contributed by atoms with Gasteiger partial charge in [-0.1, -0.05) is 0 Å². The lowest BCUT2D eigenvalue weighted by Crippen LogP contribution is -2.36. The Bertz CT molecular complexity index is 593. The van der Waals surface area contributed by atoms with Crippen molar-refractivity contribution >= 4 is 5.91 Å². The molecule has 3 fully saturated rings. The summed E-state index contributed by atoms with van der Waals surface area (Å²) in [5.41, 5.74) is -0.247. The maximum absolute atomic E-state index is 12.5. The summed E-state index contributed by atoms with van der Waals surface area (Å²) in [4.78, 5) is 24.9. The van der Waals surface area contributed by atoms with E-state index in [2.05, 4.69) is 14.9 Å². The molecule has 4 rings (SSSR count). The van der Waals surface area contributed by atoms with Crippen LogP contribution in [0.5, 0.6) is 0 Å². The van der Waals surface area contributed by atoms with Gasteiger partial charge in [-0.15, -0.1) is 0 Å². The number of hydrogen-bond donors (Lipinski definition) is 0. The molecule has 0 radical (unpaired) electrons. The lowest BCUT2D eigenvalue weighted by Gasteiger charge is -2.23. The summed E-state index contributed by atoms with van der Waals surface area (Å²) in [6.07, 6.45) is 7.69. The number of aromatic nitrogens is 2. The van der Waals surface area contributed by atoms with E-state index in [-0.39, 0.29) is 23.4 Å². The molecule has 1 amide bonds. The van der Waals surface area contributed by atoms with Crippen LogP contribution in [0.1, 0.15) is 36.3 Å². The topological polar surface area (TPSA) is 67.8 Å². The smallest absolute Gasteiger partial charge is 0.291 e. The Balaban J connectivity index is 1.25. The number of carbonyl (C=O) groups excluding carboxylic acids is 1. The average Bonchev–Trinajstić information content (AvgIpc) is 3.38. The van der Waals surface area contributed by atoms with Crippen molar-refractivity contribution in [3.8, 4) is 0 Å². The number of rotatable bonds is 5. The molecule has 0 unspecified atom stereocenters. The van der Waals surface area contributed by atoms with Gasteiger partial charge in [0.05, 0.1) is 31.5 Å². The molecule has 3 saturated heterocycles. The molecule has 3 aliphatic heterocycles. The Morgan fingerprint density at radius 1 is 1.28 bits per heavy atom. The van der Waals surface area contributed by atoms with Crippen molar-refractivity contribution in [1.82, 2.24) is 19.8 Å². The number of likely N-dealkylation sites (tertiary alicyclic amines) is 2. The summed E-state index contributed by atoms with van der Waals surface area (Å²) in [6, 6.07) is 1.71. The van der Waals surface area contributed by atoms with E-state index >= 15 is 0 Å². The minimum atomic E-state index is -0.247. The molecule has 3 aliphatic rings. The van der Waals surface area contributed by atoms with Crippen molar-refractivity contribution in [2.75, 3.05) is 45.9 Å². The Labute approximate surface area is 148 Å². The number of amides is 1. The van der Waals surface area contributed by atoms with Crippen molar-refractivity contribution in [3.63, 3.8) is 0 Å². The van der Waals surface area contributed by atoms with Gasteiger partial charge in [-0.2, -0.15) is 0 Å². The highest BCUT2D eigenvalue weighted by Crippen LogP contribution is 2.36. The molecule has 7 heteroatoms. The second-order valence-corrected chi connectivity index (χ2v) is 7.29. The van der Waals surface area contributed by atoms with Crippen LogP contribution >= 0.6 is 0 Å². The fourth-order valence-electron chi connectivity index (χ4n) is 4.12. The second-order valence-electron chi connectivity index (χ2n) is 7.29. The van der Waals surface area contributed by atoms with Gasteiger partial charge in [0.2, 0.25) is 5.82 Å². The van der Waals surface area contributed by atoms with Crippen molar-refractivity contribution in [3.05, 3.63) is 24.3 Å². The van der Waals surface area contributed by atoms with Gasteiger partial charge in [-0.25, -0.2) is 9.97 Å². The molecule has 4 heterocycles. The van der Waals surface area contributed by atoms with E-state index < -0.39 is 0 Å². The van der Waals surface area contributed by atoms with Crippen LogP contribution in [0.4, 0.5) is 0 Å². The third-order valence-corrected chi connectivity index (χ3v) is 5.50. The molecule has 1 aromatic heterocycles. The zero-order chi connectivity index (χ0) is 17.1. The summed E-state index contributed by atoms with van der Waals surface area (Å²) < 4.78 is 12.1. The summed E-state index contributed by atoms with van der Waals surface area (Å²) >= 11 is 0. The minimum Gasteiger partial charge on any atom is -0.374 e. The van der Waals surface area contributed by atoms with Gasteiger partial charge in [0.1, 0.15) is 0 Å². The lowest BCUT2D eigenvalue weighted by molar-refractivity contribution is 0.000929. The highest BCUT2D eigenvalue weighted by atomic mass is 16.6. The van der Waals surface area contributed by atoms with Crippen molar-refractivity contribution < 1.29 is 14.3 Å². The predicted octanol–water partition coefficient (Wildman–Crippen LogP) is 0.963. The van der Waals surface area contributed by atoms with Crippen LogP contribution in [0, 0.1) is 0 Å². The number of ether oxygens (including phenoxy) is 2. The summed E-state index contributed by atoms with van der Waals surface area (Å²) in [5, 5.41) is 0. The first-order valence-electron chi connectivity index (χ1n) is 9.28. The SMILES string of the molecule is O=C(c1ncccn1)N1CC[C@]2(C[C@H](OCCN3CCCC3)CO2)C1. The maximum atomic E-state index is 12.5. The maximum Gasteiger partial charge on any atom is 0.291 e. The van der Waals surface area contributed by atoms with Gasteiger partial charge in [-0.3, -0.25) is 4.79 Å². The number of hydrogen-bond acceptors (Lipinski definition) is 6. The fourth-order valence-corrected chi connectivity index (χ4v) is 4.12. The molecule has 2 atom stereocenters. The minimum absolute atomic E-state index is 0.112. The third-order valence-electron chi connectivity index (χ3n) is 5.50. The number of nitrogens with zero attached hydrogens (tertiary/aromatic N) is 4. The zero-order valence-electron chi connectivity index (χ0n) is 14.6. The average molecular weight is 346 g/mol. The summed E-state index contributed by atoms with van der Waals surface area (Å²) in [6.45, 7) is 6.11. The van der Waals surface area contributed by atoms with Crippen LogP contribution in [0.25, 0.3) is 0 Å². The number of carbonyl (C=O) groups is 1. The molecule has 1 spiro atoms. The Hall–Kier alpha value is -1.57. The van der Waals surface area contributed by atoms with Crippen LogP contribution in [0.15, 0.2) is 18.5 Å². The lowest BCUT2D eigenvalue weighted by atomic mass is 9.98. The standard InChI is InChI=1S/C18H26N4O3/c23-17(16-19-5-3-6-20-16)22-9-4-18(14-22)12-15(13-25-18)24-11-10-21-7-1-2-8-21/h3,5-6,15H,1-2,4,7-14H2/t15-,18-/m0/s1. The van der Waals surface area contributed by atoms with E-state index in [4.69, 9.17) is 9.47 Å². The molecule has 25 heavy (non-hydrogen) atoms. The largest absolute Gasteiger partial charge is 0.374 e. The third kappa shape index (κ3) is 3.83. The van der Waals surface area contributed by atoms with Gasteiger partial charge in [0.15, 0.2) is 0 Å². The Morgan fingerprint density at radius 2 is 2.08 bits per heavy atom. The van der Waals surface area contributed by atoms with Crippen LogP contribution in [-0.4, -0.2) is 83.3 Å². The Morgan fingerprint density at radius 3 is 2.88 bits per heavy atom. The van der Waals surface area contributed by atoms with Crippen LogP contribution in [0.3, 0.4) is 0 Å². The van der Waals surface area contributed by atoms with Gasteiger partial charge < -0.3 is 19.3 Å². The highest BCUT2D eigenvalue weighted by Gasteiger charge is 2.47. The van der Waals surface area contributed by atoms with E-state index in [1.54, 1.807) is 18.5 Å². The normalized spacial score (nSPS) is 29.8. The summed E-state index contributed by atoms with van der Waals surface area (Å²) in [7, 11) is 0. The first-order chi connectivity index (χ1) is 12.2. The first-order valence-corrected chi connectivity index (χ1v) is 9.28.